The first kappa shape index (κ1) is 21.9. The third-order valence-electron chi connectivity index (χ3n) is 7.77. The molecule has 29 heavy (non-hydrogen) atoms. The van der Waals surface area contributed by atoms with Crippen LogP contribution in [0.25, 0.3) is 0 Å². The number of carbonyl (C=O) groups is 1. The molecular formula is C25H37NO3. The van der Waals surface area contributed by atoms with Crippen LogP contribution in [0, 0.1) is 22.7 Å². The monoisotopic (exact) mass is 399 g/mol. The minimum atomic E-state index is -0.216. The lowest BCUT2D eigenvalue weighted by Crippen LogP contribution is -2.54. The second-order valence-electron chi connectivity index (χ2n) is 10.0. The van der Waals surface area contributed by atoms with Gasteiger partial charge in [-0.15, -0.1) is 0 Å². The SMILES string of the molecule is C=C1CC[C@@H]2C(C)(C)[C@H](O)CC[C@@]2(C)[C@@H]1CC/C(C)=C/C(=O)NCc1ccco1. The highest BCUT2D eigenvalue weighted by Gasteiger charge is 2.55. The van der Waals surface area contributed by atoms with Gasteiger partial charge in [0.1, 0.15) is 5.76 Å². The minimum Gasteiger partial charge on any atom is -0.467 e. The second-order valence-corrected chi connectivity index (χ2v) is 10.0. The van der Waals surface area contributed by atoms with Gasteiger partial charge in [0.15, 0.2) is 0 Å². The third-order valence-corrected chi connectivity index (χ3v) is 7.77. The summed E-state index contributed by atoms with van der Waals surface area (Å²) in [5.41, 5.74) is 2.57. The molecule has 160 valence electrons. The van der Waals surface area contributed by atoms with Gasteiger partial charge in [0.25, 0.3) is 0 Å². The Kier molecular flexibility index (Phi) is 6.42. The quantitative estimate of drug-likeness (QED) is 0.498. The van der Waals surface area contributed by atoms with Crippen molar-refractivity contribution in [3.63, 3.8) is 0 Å². The Hall–Kier alpha value is -1.81. The van der Waals surface area contributed by atoms with Crippen molar-refractivity contribution in [3.8, 4) is 0 Å². The van der Waals surface area contributed by atoms with Gasteiger partial charge in [-0.05, 0) is 80.2 Å². The molecule has 1 aromatic rings. The van der Waals surface area contributed by atoms with Crippen LogP contribution in [0.15, 0.2) is 46.6 Å². The molecule has 1 amide bonds. The number of aliphatic hydroxyl groups is 1. The fraction of sp³-hybridized carbons (Fsp3) is 0.640. The Bertz CT molecular complexity index is 761. The van der Waals surface area contributed by atoms with Crippen LogP contribution >= 0.6 is 0 Å². The number of aliphatic hydroxyl groups excluding tert-OH is 1. The molecule has 1 heterocycles. The average molecular weight is 400 g/mol. The van der Waals surface area contributed by atoms with E-state index in [4.69, 9.17) is 4.42 Å². The van der Waals surface area contributed by atoms with E-state index in [1.165, 1.54) is 5.57 Å². The van der Waals surface area contributed by atoms with Crippen molar-refractivity contribution < 1.29 is 14.3 Å². The van der Waals surface area contributed by atoms with Crippen LogP contribution in [0.2, 0.25) is 0 Å². The van der Waals surface area contributed by atoms with E-state index in [-0.39, 0.29) is 22.8 Å². The summed E-state index contributed by atoms with van der Waals surface area (Å²) in [5, 5.41) is 13.5. The lowest BCUT2D eigenvalue weighted by Gasteiger charge is -2.59. The smallest absolute Gasteiger partial charge is 0.244 e. The molecule has 1 aromatic heterocycles. The van der Waals surface area contributed by atoms with Crippen molar-refractivity contribution in [2.75, 3.05) is 0 Å². The maximum atomic E-state index is 12.2. The zero-order chi connectivity index (χ0) is 21.2. The number of carbonyl (C=O) groups excluding carboxylic acids is 1. The Morgan fingerprint density at radius 1 is 1.38 bits per heavy atom. The summed E-state index contributed by atoms with van der Waals surface area (Å²) in [6, 6.07) is 3.67. The topological polar surface area (TPSA) is 62.5 Å². The molecule has 0 bridgehead atoms. The average Bonchev–Trinajstić information content (AvgIpc) is 3.16. The molecule has 0 unspecified atom stereocenters. The highest BCUT2D eigenvalue weighted by atomic mass is 16.3. The van der Waals surface area contributed by atoms with Gasteiger partial charge in [-0.1, -0.05) is 38.5 Å². The van der Waals surface area contributed by atoms with Crippen molar-refractivity contribution in [3.05, 3.63) is 48.0 Å². The van der Waals surface area contributed by atoms with E-state index in [1.807, 2.05) is 19.1 Å². The molecule has 0 spiro atoms. The van der Waals surface area contributed by atoms with Crippen LogP contribution in [0.1, 0.15) is 72.0 Å². The number of rotatable bonds is 6. The van der Waals surface area contributed by atoms with Crippen molar-refractivity contribution in [1.29, 1.82) is 0 Å². The second kappa shape index (κ2) is 8.51. The first-order chi connectivity index (χ1) is 13.6. The van der Waals surface area contributed by atoms with E-state index in [0.29, 0.717) is 18.4 Å². The molecule has 2 aliphatic rings. The predicted octanol–water partition coefficient (Wildman–Crippen LogP) is 5.39. The van der Waals surface area contributed by atoms with Gasteiger partial charge in [-0.2, -0.15) is 0 Å². The van der Waals surface area contributed by atoms with E-state index < -0.39 is 0 Å². The lowest BCUT2D eigenvalue weighted by atomic mass is 9.46. The van der Waals surface area contributed by atoms with Crippen molar-refractivity contribution in [2.45, 2.75) is 78.9 Å². The number of nitrogens with one attached hydrogen (secondary N) is 1. The van der Waals surface area contributed by atoms with Crippen LogP contribution in [0.4, 0.5) is 0 Å². The van der Waals surface area contributed by atoms with Gasteiger partial charge in [0.2, 0.25) is 5.91 Å². The Morgan fingerprint density at radius 3 is 2.83 bits per heavy atom. The number of hydrogen-bond acceptors (Lipinski definition) is 3. The minimum absolute atomic E-state index is 0.0530. The molecule has 2 aliphatic carbocycles. The third kappa shape index (κ3) is 4.53. The maximum absolute atomic E-state index is 12.2. The molecule has 3 rings (SSSR count). The van der Waals surface area contributed by atoms with Gasteiger partial charge in [-0.25, -0.2) is 0 Å². The summed E-state index contributed by atoms with van der Waals surface area (Å²) >= 11 is 0. The molecule has 0 aromatic carbocycles. The zero-order valence-corrected chi connectivity index (χ0v) is 18.5. The fourth-order valence-corrected chi connectivity index (χ4v) is 6.01. The summed E-state index contributed by atoms with van der Waals surface area (Å²) in [5.74, 6) is 1.63. The summed E-state index contributed by atoms with van der Waals surface area (Å²) < 4.78 is 5.25. The highest BCUT2D eigenvalue weighted by Crippen LogP contribution is 2.61. The fourth-order valence-electron chi connectivity index (χ4n) is 6.01. The molecule has 2 N–H and O–H groups in total. The van der Waals surface area contributed by atoms with Crippen LogP contribution in [-0.4, -0.2) is 17.1 Å². The van der Waals surface area contributed by atoms with Crippen LogP contribution in [0.3, 0.4) is 0 Å². The Morgan fingerprint density at radius 2 is 2.14 bits per heavy atom. The predicted molar refractivity (Wildman–Crippen MR) is 116 cm³/mol. The van der Waals surface area contributed by atoms with Gasteiger partial charge in [-0.3, -0.25) is 4.79 Å². The molecule has 4 nitrogen and oxygen atoms in total. The first-order valence-electron chi connectivity index (χ1n) is 11.0. The van der Waals surface area contributed by atoms with Crippen LogP contribution < -0.4 is 5.32 Å². The summed E-state index contributed by atoms with van der Waals surface area (Å²) in [6.45, 7) is 13.8. The standard InChI is InChI=1S/C25H37NO3/c1-17(15-23(28)26-16-19-7-6-14-29-19)8-10-20-18(2)9-11-21-24(3,4)22(27)12-13-25(20,21)5/h6-7,14-15,20-22,27H,2,8-13,16H2,1,3-5H3,(H,26,28)/b17-15+/t20-,21-,22-,25+/m1/s1. The lowest BCUT2D eigenvalue weighted by molar-refractivity contribution is -0.124. The molecular weight excluding hydrogens is 362 g/mol. The van der Waals surface area contributed by atoms with E-state index in [9.17, 15) is 9.90 Å². The maximum Gasteiger partial charge on any atom is 0.244 e. The zero-order valence-electron chi connectivity index (χ0n) is 18.5. The summed E-state index contributed by atoms with van der Waals surface area (Å²) in [6.07, 6.45) is 9.11. The molecule has 4 atom stereocenters. The van der Waals surface area contributed by atoms with Gasteiger partial charge < -0.3 is 14.8 Å². The molecule has 2 fully saturated rings. The molecule has 0 saturated heterocycles. The van der Waals surface area contributed by atoms with Crippen molar-refractivity contribution in [2.24, 2.45) is 22.7 Å². The van der Waals surface area contributed by atoms with Crippen molar-refractivity contribution in [1.82, 2.24) is 5.32 Å². The largest absolute Gasteiger partial charge is 0.467 e. The summed E-state index contributed by atoms with van der Waals surface area (Å²) in [7, 11) is 0. The number of fused-ring (bicyclic) bond motifs is 1. The number of allylic oxidation sites excluding steroid dienone is 2. The first-order valence-corrected chi connectivity index (χ1v) is 11.0. The molecule has 0 radical (unpaired) electrons. The molecule has 0 aliphatic heterocycles. The van der Waals surface area contributed by atoms with E-state index >= 15 is 0 Å². The van der Waals surface area contributed by atoms with Crippen molar-refractivity contribution >= 4 is 5.91 Å². The Balaban J connectivity index is 1.62. The normalized spacial score (nSPS) is 32.0. The molecule has 4 heteroatoms. The van der Waals surface area contributed by atoms with E-state index in [0.717, 1.165) is 49.9 Å². The van der Waals surface area contributed by atoms with Crippen LogP contribution in [0.5, 0.6) is 0 Å². The van der Waals surface area contributed by atoms with Crippen LogP contribution in [-0.2, 0) is 11.3 Å². The number of amides is 1. The van der Waals surface area contributed by atoms with E-state index in [2.05, 4.69) is 32.7 Å². The summed E-state index contributed by atoms with van der Waals surface area (Å²) in [4.78, 5) is 12.2. The Labute approximate surface area is 175 Å². The molecule has 2 saturated carbocycles. The van der Waals surface area contributed by atoms with Gasteiger partial charge in [0.05, 0.1) is 18.9 Å². The number of furan rings is 1. The highest BCUT2D eigenvalue weighted by molar-refractivity contribution is 5.88. The van der Waals surface area contributed by atoms with E-state index in [1.54, 1.807) is 12.3 Å². The number of hydrogen-bond donors (Lipinski definition) is 2. The van der Waals surface area contributed by atoms with Gasteiger partial charge in [0, 0.05) is 6.08 Å². The van der Waals surface area contributed by atoms with Gasteiger partial charge >= 0.3 is 0 Å².